The van der Waals surface area contributed by atoms with Crippen molar-refractivity contribution in [3.63, 3.8) is 0 Å². The molecular weight excluding hydrogens is 254 g/mol. The van der Waals surface area contributed by atoms with Crippen LogP contribution >= 0.6 is 0 Å². The maximum atomic E-state index is 10.7. The highest BCUT2D eigenvalue weighted by Crippen LogP contribution is 2.41. The number of para-hydroxylation sites is 1. The number of methoxy groups -OCH3 is 1. The summed E-state index contributed by atoms with van der Waals surface area (Å²) in [6.07, 6.45) is 1.91. The van der Waals surface area contributed by atoms with Crippen LogP contribution in [0.25, 0.3) is 0 Å². The molecule has 0 aromatic heterocycles. The molecule has 1 aromatic carbocycles. The van der Waals surface area contributed by atoms with Crippen molar-refractivity contribution in [2.24, 2.45) is 5.92 Å². The first kappa shape index (κ1) is 13.7. The Morgan fingerprint density at radius 2 is 2.05 bits per heavy atom. The quantitative estimate of drug-likeness (QED) is 0.900. The van der Waals surface area contributed by atoms with Crippen LogP contribution in [-0.2, 0) is 0 Å². The maximum Gasteiger partial charge on any atom is 0.167 e. The van der Waals surface area contributed by atoms with Gasteiger partial charge in [0, 0.05) is 5.56 Å². The molecule has 0 saturated carbocycles. The van der Waals surface area contributed by atoms with Crippen molar-refractivity contribution in [2.75, 3.05) is 26.8 Å². The third-order valence-corrected chi connectivity index (χ3v) is 4.60. The molecule has 2 aliphatic rings. The Bertz CT molecular complexity index is 469. The van der Waals surface area contributed by atoms with E-state index in [1.807, 2.05) is 18.2 Å². The lowest BCUT2D eigenvalue weighted by Crippen LogP contribution is -2.49. The smallest absolute Gasteiger partial charge is 0.167 e. The van der Waals surface area contributed by atoms with Crippen LogP contribution in [0.15, 0.2) is 18.2 Å². The number of hydrogen-bond acceptors (Lipinski definition) is 4. The molecule has 2 aliphatic heterocycles. The molecule has 0 aliphatic carbocycles. The van der Waals surface area contributed by atoms with Crippen molar-refractivity contribution in [1.82, 2.24) is 4.90 Å². The molecule has 0 radical (unpaired) electrons. The van der Waals surface area contributed by atoms with Gasteiger partial charge < -0.3 is 14.6 Å². The van der Waals surface area contributed by atoms with Crippen molar-refractivity contribution in [3.8, 4) is 11.5 Å². The van der Waals surface area contributed by atoms with E-state index in [9.17, 15) is 5.11 Å². The van der Waals surface area contributed by atoms with E-state index in [1.54, 1.807) is 7.11 Å². The molecule has 4 nitrogen and oxygen atoms in total. The summed E-state index contributed by atoms with van der Waals surface area (Å²) in [7, 11) is 1.63. The topological polar surface area (TPSA) is 41.9 Å². The van der Waals surface area contributed by atoms with Crippen molar-refractivity contribution in [3.05, 3.63) is 23.8 Å². The van der Waals surface area contributed by atoms with Crippen LogP contribution in [0.1, 0.15) is 31.4 Å². The Kier molecular flexibility index (Phi) is 3.85. The SMILES string of the molecule is COc1cccc2c1OCC(N1CCC(C)CC1)C2O. The zero-order chi connectivity index (χ0) is 14.1. The molecule has 1 saturated heterocycles. The van der Waals surface area contributed by atoms with Gasteiger partial charge in [-0.15, -0.1) is 0 Å². The number of rotatable bonds is 2. The molecule has 110 valence electrons. The molecule has 1 fully saturated rings. The molecule has 2 unspecified atom stereocenters. The number of nitrogens with zero attached hydrogens (tertiary/aromatic N) is 1. The van der Waals surface area contributed by atoms with Crippen molar-refractivity contribution in [2.45, 2.75) is 31.9 Å². The van der Waals surface area contributed by atoms with E-state index in [2.05, 4.69) is 11.8 Å². The third kappa shape index (κ3) is 2.38. The van der Waals surface area contributed by atoms with E-state index >= 15 is 0 Å². The minimum atomic E-state index is -0.498. The number of piperidine rings is 1. The Hall–Kier alpha value is -1.26. The molecule has 3 rings (SSSR count). The van der Waals surface area contributed by atoms with Gasteiger partial charge in [-0.2, -0.15) is 0 Å². The third-order valence-electron chi connectivity index (χ3n) is 4.60. The number of likely N-dealkylation sites (tertiary alicyclic amines) is 1. The number of aliphatic hydroxyl groups is 1. The minimum Gasteiger partial charge on any atom is -0.493 e. The van der Waals surface area contributed by atoms with Crippen molar-refractivity contribution >= 4 is 0 Å². The highest BCUT2D eigenvalue weighted by molar-refractivity contribution is 5.49. The fraction of sp³-hybridized carbons (Fsp3) is 0.625. The van der Waals surface area contributed by atoms with Gasteiger partial charge >= 0.3 is 0 Å². The van der Waals surface area contributed by atoms with Gasteiger partial charge in [0.2, 0.25) is 0 Å². The minimum absolute atomic E-state index is 0.0575. The number of aliphatic hydroxyl groups excluding tert-OH is 1. The van der Waals surface area contributed by atoms with E-state index in [-0.39, 0.29) is 6.04 Å². The standard InChI is InChI=1S/C16H23NO3/c1-11-6-8-17(9-7-11)13-10-20-16-12(15(13)18)4-3-5-14(16)19-2/h3-5,11,13,15,18H,6-10H2,1-2H3. The first-order chi connectivity index (χ1) is 9.70. The fourth-order valence-corrected chi connectivity index (χ4v) is 3.21. The molecule has 2 heterocycles. The van der Waals surface area contributed by atoms with E-state index in [0.717, 1.165) is 24.6 Å². The molecule has 0 spiro atoms. The summed E-state index contributed by atoms with van der Waals surface area (Å²) in [5.74, 6) is 2.19. The molecule has 1 aromatic rings. The summed E-state index contributed by atoms with van der Waals surface area (Å²) in [4.78, 5) is 2.37. The molecule has 1 N–H and O–H groups in total. The van der Waals surface area contributed by atoms with E-state index < -0.39 is 6.10 Å². The van der Waals surface area contributed by atoms with Crippen LogP contribution in [0.5, 0.6) is 11.5 Å². The molecule has 4 heteroatoms. The Balaban J connectivity index is 1.80. The molecular formula is C16H23NO3. The molecule has 20 heavy (non-hydrogen) atoms. The first-order valence-corrected chi connectivity index (χ1v) is 7.42. The van der Waals surface area contributed by atoms with Crippen LogP contribution in [0, 0.1) is 5.92 Å². The maximum absolute atomic E-state index is 10.7. The summed E-state index contributed by atoms with van der Waals surface area (Å²) >= 11 is 0. The summed E-state index contributed by atoms with van der Waals surface area (Å²) < 4.78 is 11.2. The lowest BCUT2D eigenvalue weighted by Gasteiger charge is -2.41. The van der Waals surface area contributed by atoms with Crippen LogP contribution in [0.3, 0.4) is 0 Å². The number of benzene rings is 1. The predicted molar refractivity (Wildman–Crippen MR) is 77.2 cm³/mol. The Labute approximate surface area is 120 Å². The normalized spacial score (nSPS) is 27.8. The number of hydrogen-bond donors (Lipinski definition) is 1. The highest BCUT2D eigenvalue weighted by atomic mass is 16.5. The van der Waals surface area contributed by atoms with Gasteiger partial charge in [-0.05, 0) is 37.9 Å². The zero-order valence-electron chi connectivity index (χ0n) is 12.2. The first-order valence-electron chi connectivity index (χ1n) is 7.42. The summed E-state index contributed by atoms with van der Waals surface area (Å²) in [5.41, 5.74) is 0.847. The lowest BCUT2D eigenvalue weighted by atomic mass is 9.93. The predicted octanol–water partition coefficient (Wildman–Crippen LogP) is 2.22. The van der Waals surface area contributed by atoms with Gasteiger partial charge in [-0.25, -0.2) is 0 Å². The van der Waals surface area contributed by atoms with E-state index in [1.165, 1.54) is 12.8 Å². The Morgan fingerprint density at radius 1 is 1.30 bits per heavy atom. The highest BCUT2D eigenvalue weighted by Gasteiger charge is 2.36. The van der Waals surface area contributed by atoms with Crippen molar-refractivity contribution < 1.29 is 14.6 Å². The molecule has 0 amide bonds. The summed E-state index contributed by atoms with van der Waals surface area (Å²) in [6, 6.07) is 5.77. The monoisotopic (exact) mass is 277 g/mol. The average molecular weight is 277 g/mol. The largest absolute Gasteiger partial charge is 0.493 e. The summed E-state index contributed by atoms with van der Waals surface area (Å²) in [5, 5.41) is 10.7. The van der Waals surface area contributed by atoms with Crippen LogP contribution in [-0.4, -0.2) is 42.9 Å². The molecule has 0 bridgehead atoms. The second kappa shape index (κ2) is 5.62. The van der Waals surface area contributed by atoms with E-state index in [0.29, 0.717) is 18.1 Å². The Morgan fingerprint density at radius 3 is 2.75 bits per heavy atom. The number of fused-ring (bicyclic) bond motifs is 1. The van der Waals surface area contributed by atoms with Crippen molar-refractivity contribution in [1.29, 1.82) is 0 Å². The zero-order valence-corrected chi connectivity index (χ0v) is 12.2. The fourth-order valence-electron chi connectivity index (χ4n) is 3.21. The summed E-state index contributed by atoms with van der Waals surface area (Å²) in [6.45, 7) is 4.92. The van der Waals surface area contributed by atoms with Gasteiger partial charge in [-0.1, -0.05) is 19.1 Å². The van der Waals surface area contributed by atoms with Crippen LogP contribution in [0.2, 0.25) is 0 Å². The second-order valence-corrected chi connectivity index (χ2v) is 5.92. The van der Waals surface area contributed by atoms with Gasteiger partial charge in [0.1, 0.15) is 12.7 Å². The van der Waals surface area contributed by atoms with Gasteiger partial charge in [-0.3, -0.25) is 4.90 Å². The van der Waals surface area contributed by atoms with Gasteiger partial charge in [0.25, 0.3) is 0 Å². The van der Waals surface area contributed by atoms with Gasteiger partial charge in [0.15, 0.2) is 11.5 Å². The van der Waals surface area contributed by atoms with Crippen LogP contribution < -0.4 is 9.47 Å². The second-order valence-electron chi connectivity index (χ2n) is 5.92. The van der Waals surface area contributed by atoms with E-state index in [4.69, 9.17) is 9.47 Å². The molecule has 2 atom stereocenters. The van der Waals surface area contributed by atoms with Crippen LogP contribution in [0.4, 0.5) is 0 Å². The van der Waals surface area contributed by atoms with Gasteiger partial charge in [0.05, 0.1) is 13.2 Å². The average Bonchev–Trinajstić information content (AvgIpc) is 2.48. The number of ether oxygens (including phenoxy) is 2. The lowest BCUT2D eigenvalue weighted by molar-refractivity contribution is -0.0106.